The van der Waals surface area contributed by atoms with Crippen molar-refractivity contribution in [1.82, 2.24) is 0 Å². The molecule has 1 fully saturated rings. The van der Waals surface area contributed by atoms with E-state index in [0.717, 1.165) is 4.90 Å². The number of nitrogens with zero attached hydrogens (tertiary/aromatic N) is 2. The first-order valence-electron chi connectivity index (χ1n) is 9.25. The van der Waals surface area contributed by atoms with Crippen LogP contribution in [0.25, 0.3) is 5.76 Å². The van der Waals surface area contributed by atoms with E-state index in [4.69, 9.17) is 11.6 Å². The van der Waals surface area contributed by atoms with Gasteiger partial charge in [0, 0.05) is 22.7 Å². The second-order valence-corrected chi connectivity index (χ2v) is 7.24. The van der Waals surface area contributed by atoms with Crippen LogP contribution in [0.15, 0.2) is 84.4 Å². The highest BCUT2D eigenvalue weighted by Crippen LogP contribution is 2.44. The lowest BCUT2D eigenvalue weighted by Gasteiger charge is -2.26. The fourth-order valence-electron chi connectivity index (χ4n) is 3.60. The first-order chi connectivity index (χ1) is 14.9. The molecule has 1 amide bonds. The van der Waals surface area contributed by atoms with Crippen LogP contribution in [0.4, 0.5) is 11.4 Å². The summed E-state index contributed by atoms with van der Waals surface area (Å²) in [6, 6.07) is 19.3. The van der Waals surface area contributed by atoms with E-state index in [9.17, 15) is 24.8 Å². The molecule has 1 aliphatic heterocycles. The Labute approximate surface area is 182 Å². The lowest BCUT2D eigenvalue weighted by molar-refractivity contribution is -0.384. The second kappa shape index (κ2) is 8.04. The van der Waals surface area contributed by atoms with E-state index in [1.807, 2.05) is 0 Å². The van der Waals surface area contributed by atoms with Crippen molar-refractivity contribution in [2.75, 3.05) is 4.90 Å². The molecule has 31 heavy (non-hydrogen) atoms. The third-order valence-corrected chi connectivity index (χ3v) is 5.35. The Morgan fingerprint density at radius 2 is 1.65 bits per heavy atom. The Hall–Kier alpha value is -3.97. The van der Waals surface area contributed by atoms with E-state index >= 15 is 0 Å². The molecule has 0 aliphatic carbocycles. The summed E-state index contributed by atoms with van der Waals surface area (Å²) in [6.07, 6.45) is 0. The van der Waals surface area contributed by atoms with Gasteiger partial charge in [-0.05, 0) is 17.7 Å². The van der Waals surface area contributed by atoms with Crippen molar-refractivity contribution in [3.63, 3.8) is 0 Å². The van der Waals surface area contributed by atoms with Gasteiger partial charge < -0.3 is 5.11 Å². The zero-order chi connectivity index (χ0) is 22.1. The van der Waals surface area contributed by atoms with Gasteiger partial charge in [0.15, 0.2) is 0 Å². The number of hydrogen-bond donors (Lipinski definition) is 1. The van der Waals surface area contributed by atoms with Crippen LogP contribution in [-0.2, 0) is 9.59 Å². The van der Waals surface area contributed by atoms with Gasteiger partial charge in [-0.3, -0.25) is 24.6 Å². The van der Waals surface area contributed by atoms with Crippen LogP contribution in [0.1, 0.15) is 17.2 Å². The molecule has 1 heterocycles. The van der Waals surface area contributed by atoms with Crippen LogP contribution in [0.3, 0.4) is 0 Å². The normalized spacial score (nSPS) is 17.7. The molecule has 3 aromatic carbocycles. The largest absolute Gasteiger partial charge is 0.507 e. The van der Waals surface area contributed by atoms with Crippen LogP contribution < -0.4 is 4.90 Å². The third kappa shape index (κ3) is 3.55. The van der Waals surface area contributed by atoms with E-state index < -0.39 is 22.7 Å². The molecular formula is C23H15ClN2O5. The summed E-state index contributed by atoms with van der Waals surface area (Å²) in [5, 5.41) is 22.5. The Bertz CT molecular complexity index is 1240. The summed E-state index contributed by atoms with van der Waals surface area (Å²) in [6.45, 7) is 0. The Kier molecular flexibility index (Phi) is 5.27. The predicted molar refractivity (Wildman–Crippen MR) is 116 cm³/mol. The van der Waals surface area contributed by atoms with Gasteiger partial charge in [-0.15, -0.1) is 0 Å². The van der Waals surface area contributed by atoms with E-state index in [1.165, 1.54) is 24.3 Å². The summed E-state index contributed by atoms with van der Waals surface area (Å²) in [5.41, 5.74) is 0.536. The molecule has 1 saturated heterocycles. The van der Waals surface area contributed by atoms with Crippen molar-refractivity contribution in [3.05, 3.63) is 111 Å². The summed E-state index contributed by atoms with van der Waals surface area (Å²) < 4.78 is 0. The predicted octanol–water partition coefficient (Wildman–Crippen LogP) is 4.87. The number of nitro benzene ring substituents is 1. The van der Waals surface area contributed by atoms with E-state index in [1.54, 1.807) is 54.6 Å². The van der Waals surface area contributed by atoms with Crippen molar-refractivity contribution < 1.29 is 19.6 Å². The number of carbonyl (C=O) groups excluding carboxylic acids is 2. The molecular weight excluding hydrogens is 420 g/mol. The molecule has 3 aromatic rings. The maximum absolute atomic E-state index is 13.0. The highest BCUT2D eigenvalue weighted by Gasteiger charge is 2.47. The SMILES string of the molecule is O=C1C(=O)N(c2cccc([N+](=O)[O-])c2)C(c2ccccc2Cl)/C1=C(/O)c1ccccc1. The van der Waals surface area contributed by atoms with Gasteiger partial charge in [-0.1, -0.05) is 66.2 Å². The molecule has 0 aromatic heterocycles. The van der Waals surface area contributed by atoms with Gasteiger partial charge in [0.1, 0.15) is 5.76 Å². The highest BCUT2D eigenvalue weighted by atomic mass is 35.5. The van der Waals surface area contributed by atoms with Crippen molar-refractivity contribution >= 4 is 40.4 Å². The van der Waals surface area contributed by atoms with E-state index in [-0.39, 0.29) is 27.7 Å². The lowest BCUT2D eigenvalue weighted by Crippen LogP contribution is -2.29. The van der Waals surface area contributed by atoms with E-state index in [0.29, 0.717) is 11.1 Å². The molecule has 1 N–H and O–H groups in total. The first kappa shape index (κ1) is 20.3. The number of non-ortho nitro benzene ring substituents is 1. The number of benzene rings is 3. The molecule has 0 bridgehead atoms. The maximum atomic E-state index is 13.0. The number of Topliss-reactive ketones (excluding diaryl/α,β-unsaturated/α-hetero) is 1. The number of hydrogen-bond acceptors (Lipinski definition) is 5. The zero-order valence-electron chi connectivity index (χ0n) is 15.9. The number of rotatable bonds is 4. The molecule has 1 atom stereocenters. The average molecular weight is 435 g/mol. The van der Waals surface area contributed by atoms with Gasteiger partial charge in [0.05, 0.1) is 22.2 Å². The second-order valence-electron chi connectivity index (χ2n) is 6.83. The summed E-state index contributed by atoms with van der Waals surface area (Å²) in [5.74, 6) is -2.17. The van der Waals surface area contributed by atoms with Crippen LogP contribution in [0, 0.1) is 10.1 Å². The Morgan fingerprint density at radius 1 is 0.968 bits per heavy atom. The number of halogens is 1. The van der Waals surface area contributed by atoms with Crippen molar-refractivity contribution in [3.8, 4) is 0 Å². The van der Waals surface area contributed by atoms with Gasteiger partial charge >= 0.3 is 0 Å². The number of nitro groups is 1. The summed E-state index contributed by atoms with van der Waals surface area (Å²) in [4.78, 5) is 37.9. The maximum Gasteiger partial charge on any atom is 0.300 e. The fraction of sp³-hybridized carbons (Fsp3) is 0.0435. The Morgan fingerprint density at radius 3 is 2.32 bits per heavy atom. The van der Waals surface area contributed by atoms with Crippen LogP contribution >= 0.6 is 11.6 Å². The highest BCUT2D eigenvalue weighted by molar-refractivity contribution is 6.52. The quantitative estimate of drug-likeness (QED) is 0.207. The van der Waals surface area contributed by atoms with Crippen molar-refractivity contribution in [2.45, 2.75) is 6.04 Å². The number of carbonyl (C=O) groups is 2. The van der Waals surface area contributed by atoms with Gasteiger partial charge in [-0.25, -0.2) is 0 Å². The zero-order valence-corrected chi connectivity index (χ0v) is 16.7. The van der Waals surface area contributed by atoms with Crippen LogP contribution in [0.5, 0.6) is 0 Å². The molecule has 1 aliphatic rings. The standard InChI is InChI=1S/C23H15ClN2O5/c24-18-12-5-4-11-17(18)20-19(21(27)14-7-2-1-3-8-14)22(28)23(29)25(20)15-9-6-10-16(13-15)26(30)31/h1-13,20,27H/b21-19-. The number of amides is 1. The average Bonchev–Trinajstić information content (AvgIpc) is 3.04. The number of aliphatic hydroxyl groups is 1. The molecule has 0 saturated carbocycles. The van der Waals surface area contributed by atoms with Crippen LogP contribution in [-0.4, -0.2) is 21.7 Å². The molecule has 154 valence electrons. The van der Waals surface area contributed by atoms with Gasteiger partial charge in [-0.2, -0.15) is 0 Å². The summed E-state index contributed by atoms with van der Waals surface area (Å²) >= 11 is 6.39. The number of anilines is 1. The molecule has 7 nitrogen and oxygen atoms in total. The smallest absolute Gasteiger partial charge is 0.300 e. The third-order valence-electron chi connectivity index (χ3n) is 5.01. The van der Waals surface area contributed by atoms with Crippen molar-refractivity contribution in [2.24, 2.45) is 0 Å². The van der Waals surface area contributed by atoms with Crippen molar-refractivity contribution in [1.29, 1.82) is 0 Å². The van der Waals surface area contributed by atoms with Crippen LogP contribution in [0.2, 0.25) is 5.02 Å². The molecule has 1 unspecified atom stereocenters. The monoisotopic (exact) mass is 434 g/mol. The minimum Gasteiger partial charge on any atom is -0.507 e. The number of ketones is 1. The van der Waals surface area contributed by atoms with E-state index in [2.05, 4.69) is 0 Å². The fourth-order valence-corrected chi connectivity index (χ4v) is 3.84. The van der Waals surface area contributed by atoms with Gasteiger partial charge in [0.2, 0.25) is 0 Å². The minimum absolute atomic E-state index is 0.143. The molecule has 4 rings (SSSR count). The summed E-state index contributed by atoms with van der Waals surface area (Å²) in [7, 11) is 0. The molecule has 8 heteroatoms. The topological polar surface area (TPSA) is 101 Å². The minimum atomic E-state index is -1.06. The van der Waals surface area contributed by atoms with Gasteiger partial charge in [0.25, 0.3) is 17.4 Å². The molecule has 0 spiro atoms. The molecule has 0 radical (unpaired) electrons. The first-order valence-corrected chi connectivity index (χ1v) is 9.63. The lowest BCUT2D eigenvalue weighted by atomic mass is 9.95. The Balaban J connectivity index is 1.98. The number of aliphatic hydroxyl groups excluding tert-OH is 1.